The molecule has 0 aliphatic carbocycles. The zero-order chi connectivity index (χ0) is 12.2. The molecule has 0 saturated carbocycles. The number of rotatable bonds is 2. The molecule has 0 heterocycles. The van der Waals surface area contributed by atoms with Crippen LogP contribution in [0.4, 0.5) is 13.2 Å². The Hall–Kier alpha value is -1.76. The normalized spacial score (nSPS) is 12.6. The van der Waals surface area contributed by atoms with Gasteiger partial charge in [-0.3, -0.25) is 5.21 Å². The van der Waals surface area contributed by atoms with Crippen LogP contribution in [-0.4, -0.2) is 11.2 Å². The van der Waals surface area contributed by atoms with Crippen LogP contribution in [0.1, 0.15) is 11.1 Å². The van der Waals surface area contributed by atoms with E-state index in [1.807, 2.05) is 0 Å². The first-order valence-corrected chi connectivity index (χ1v) is 4.30. The van der Waals surface area contributed by atoms with Crippen molar-refractivity contribution in [2.75, 3.05) is 0 Å². The van der Waals surface area contributed by atoms with Crippen molar-refractivity contribution in [2.24, 2.45) is 10.7 Å². The number of nitrogens with one attached hydrogen (secondary N) is 1. The summed E-state index contributed by atoms with van der Waals surface area (Å²) < 4.78 is 37.5. The van der Waals surface area contributed by atoms with Gasteiger partial charge in [-0.15, -0.1) is 0 Å². The van der Waals surface area contributed by atoms with Crippen LogP contribution in [0.25, 0.3) is 0 Å². The van der Waals surface area contributed by atoms with Crippen molar-refractivity contribution < 1.29 is 18.4 Å². The molecule has 4 nitrogen and oxygen atoms in total. The molecule has 88 valence electrons. The van der Waals surface area contributed by atoms with Crippen molar-refractivity contribution in [2.45, 2.75) is 12.7 Å². The Labute approximate surface area is 89.6 Å². The largest absolute Gasteiger partial charge is 0.416 e. The average Bonchev–Trinajstić information content (AvgIpc) is 2.25. The molecule has 1 aromatic rings. The fourth-order valence-corrected chi connectivity index (χ4v) is 1.14. The maximum Gasteiger partial charge on any atom is 0.416 e. The first-order valence-electron chi connectivity index (χ1n) is 4.30. The monoisotopic (exact) mass is 233 g/mol. The van der Waals surface area contributed by atoms with Gasteiger partial charge in [0, 0.05) is 0 Å². The number of hydrogen-bond donors (Lipinski definition) is 3. The van der Waals surface area contributed by atoms with Crippen LogP contribution in [-0.2, 0) is 12.7 Å². The maximum absolute atomic E-state index is 12.5. The number of nitrogens with two attached hydrogens (primary N) is 1. The standard InChI is InChI=1S/C9H10F3N3O/c10-9(11,12)7-4-2-1-3-6(7)5-14-8(13)15-16/h1-4,16H,5H2,(H3,13,14,15). The highest BCUT2D eigenvalue weighted by atomic mass is 19.4. The van der Waals surface area contributed by atoms with E-state index in [1.165, 1.54) is 23.7 Å². The van der Waals surface area contributed by atoms with Gasteiger partial charge in [0.15, 0.2) is 0 Å². The number of guanidine groups is 1. The summed E-state index contributed by atoms with van der Waals surface area (Å²) in [5.74, 6) is -0.336. The molecular weight excluding hydrogens is 223 g/mol. The summed E-state index contributed by atoms with van der Waals surface area (Å²) >= 11 is 0. The number of nitrogens with zero attached hydrogens (tertiary/aromatic N) is 1. The van der Waals surface area contributed by atoms with Crippen molar-refractivity contribution in [3.8, 4) is 0 Å². The van der Waals surface area contributed by atoms with Gasteiger partial charge in [-0.2, -0.15) is 13.2 Å². The quantitative estimate of drug-likeness (QED) is 0.412. The van der Waals surface area contributed by atoms with E-state index in [0.717, 1.165) is 6.07 Å². The Balaban J connectivity index is 2.97. The van der Waals surface area contributed by atoms with Crippen molar-refractivity contribution in [1.29, 1.82) is 0 Å². The van der Waals surface area contributed by atoms with Crippen LogP contribution in [0.5, 0.6) is 0 Å². The molecule has 1 rings (SSSR count). The van der Waals surface area contributed by atoms with E-state index in [4.69, 9.17) is 10.9 Å². The molecule has 0 atom stereocenters. The highest BCUT2D eigenvalue weighted by molar-refractivity contribution is 5.76. The molecule has 0 amide bonds. The molecule has 16 heavy (non-hydrogen) atoms. The van der Waals surface area contributed by atoms with Gasteiger partial charge in [0.25, 0.3) is 0 Å². The van der Waals surface area contributed by atoms with Crippen molar-refractivity contribution in [3.63, 3.8) is 0 Å². The average molecular weight is 233 g/mol. The second-order valence-electron chi connectivity index (χ2n) is 2.97. The number of hydroxylamine groups is 1. The van der Waals surface area contributed by atoms with Crippen LogP contribution in [0.15, 0.2) is 29.3 Å². The predicted octanol–water partition coefficient (Wildman–Crippen LogP) is 1.50. The van der Waals surface area contributed by atoms with Crippen LogP contribution >= 0.6 is 0 Å². The van der Waals surface area contributed by atoms with Crippen molar-refractivity contribution in [3.05, 3.63) is 35.4 Å². The Bertz CT molecular complexity index is 390. The molecule has 0 spiro atoms. The van der Waals surface area contributed by atoms with Gasteiger partial charge in [-0.25, -0.2) is 10.5 Å². The summed E-state index contributed by atoms with van der Waals surface area (Å²) in [6.45, 7) is -0.255. The first kappa shape index (κ1) is 12.3. The first-order chi connectivity index (χ1) is 7.45. The fraction of sp³-hybridized carbons (Fsp3) is 0.222. The molecule has 0 aliphatic heterocycles. The minimum atomic E-state index is -4.42. The van der Waals surface area contributed by atoms with E-state index in [9.17, 15) is 13.2 Å². The maximum atomic E-state index is 12.5. The van der Waals surface area contributed by atoms with E-state index in [-0.39, 0.29) is 18.1 Å². The van der Waals surface area contributed by atoms with Gasteiger partial charge in [-0.05, 0) is 11.6 Å². The number of halogens is 3. The number of hydrogen-bond acceptors (Lipinski definition) is 2. The lowest BCUT2D eigenvalue weighted by Gasteiger charge is -2.10. The Kier molecular flexibility index (Phi) is 3.73. The third kappa shape index (κ3) is 3.13. The zero-order valence-corrected chi connectivity index (χ0v) is 8.12. The third-order valence-electron chi connectivity index (χ3n) is 1.86. The van der Waals surface area contributed by atoms with Crippen LogP contribution in [0.3, 0.4) is 0 Å². The predicted molar refractivity (Wildman–Crippen MR) is 51.7 cm³/mol. The topological polar surface area (TPSA) is 70.6 Å². The van der Waals surface area contributed by atoms with E-state index < -0.39 is 11.7 Å². The lowest BCUT2D eigenvalue weighted by Crippen LogP contribution is -2.28. The molecule has 7 heteroatoms. The van der Waals surface area contributed by atoms with E-state index in [2.05, 4.69) is 4.99 Å². The van der Waals surface area contributed by atoms with E-state index in [0.29, 0.717) is 0 Å². The minimum Gasteiger partial charge on any atom is -0.368 e. The Morgan fingerprint density at radius 2 is 2.00 bits per heavy atom. The van der Waals surface area contributed by atoms with E-state index in [1.54, 1.807) is 0 Å². The molecule has 1 aromatic carbocycles. The Morgan fingerprint density at radius 1 is 1.38 bits per heavy atom. The summed E-state index contributed by atoms with van der Waals surface area (Å²) in [7, 11) is 0. The van der Waals surface area contributed by atoms with Gasteiger partial charge in [0.2, 0.25) is 5.96 Å². The summed E-state index contributed by atoms with van der Waals surface area (Å²) in [5.41, 5.74) is 5.86. The number of benzene rings is 1. The Morgan fingerprint density at radius 3 is 2.56 bits per heavy atom. The van der Waals surface area contributed by atoms with Gasteiger partial charge in [-0.1, -0.05) is 18.2 Å². The molecule has 0 aliphatic rings. The second kappa shape index (κ2) is 4.84. The zero-order valence-electron chi connectivity index (χ0n) is 8.12. The molecule has 0 radical (unpaired) electrons. The van der Waals surface area contributed by atoms with Crippen LogP contribution in [0.2, 0.25) is 0 Å². The van der Waals surface area contributed by atoms with Crippen LogP contribution in [0, 0.1) is 0 Å². The molecule has 0 unspecified atom stereocenters. The van der Waals surface area contributed by atoms with Gasteiger partial charge >= 0.3 is 6.18 Å². The smallest absolute Gasteiger partial charge is 0.368 e. The molecule has 0 fully saturated rings. The minimum absolute atomic E-state index is 0.00630. The number of aliphatic imine (C=N–C) groups is 1. The highest BCUT2D eigenvalue weighted by Gasteiger charge is 2.32. The lowest BCUT2D eigenvalue weighted by atomic mass is 10.1. The summed E-state index contributed by atoms with van der Waals surface area (Å²) in [4.78, 5) is 3.52. The molecular formula is C9H10F3N3O. The second-order valence-corrected chi connectivity index (χ2v) is 2.97. The SMILES string of the molecule is NC(=NCc1ccccc1C(F)(F)F)NO. The fourth-order valence-electron chi connectivity index (χ4n) is 1.14. The molecule has 0 saturated heterocycles. The summed E-state index contributed by atoms with van der Waals surface area (Å²) in [5, 5.41) is 8.31. The highest BCUT2D eigenvalue weighted by Crippen LogP contribution is 2.31. The van der Waals surface area contributed by atoms with Gasteiger partial charge < -0.3 is 5.73 Å². The molecule has 0 aromatic heterocycles. The van der Waals surface area contributed by atoms with Crippen molar-refractivity contribution >= 4 is 5.96 Å². The molecule has 4 N–H and O–H groups in total. The van der Waals surface area contributed by atoms with Gasteiger partial charge in [0.1, 0.15) is 0 Å². The number of alkyl halides is 3. The lowest BCUT2D eigenvalue weighted by molar-refractivity contribution is -0.138. The summed E-state index contributed by atoms with van der Waals surface area (Å²) in [6.07, 6.45) is -4.42. The van der Waals surface area contributed by atoms with E-state index >= 15 is 0 Å². The summed E-state index contributed by atoms with van der Waals surface area (Å²) in [6, 6.07) is 5.04. The van der Waals surface area contributed by atoms with Crippen molar-refractivity contribution in [1.82, 2.24) is 5.48 Å². The molecule has 0 bridgehead atoms. The van der Waals surface area contributed by atoms with Crippen LogP contribution < -0.4 is 11.2 Å². The van der Waals surface area contributed by atoms with Gasteiger partial charge in [0.05, 0.1) is 12.1 Å². The third-order valence-corrected chi connectivity index (χ3v) is 1.86.